The summed E-state index contributed by atoms with van der Waals surface area (Å²) in [5.41, 5.74) is 1.17. The van der Waals surface area contributed by atoms with Crippen LogP contribution in [-0.2, 0) is 0 Å². The van der Waals surface area contributed by atoms with Gasteiger partial charge in [0.15, 0.2) is 5.75 Å². The molecule has 1 N–H and O–H groups in total. The van der Waals surface area contributed by atoms with Gasteiger partial charge >= 0.3 is 0 Å². The van der Waals surface area contributed by atoms with Gasteiger partial charge in [-0.1, -0.05) is 30.3 Å². The second-order valence-electron chi connectivity index (χ2n) is 6.06. The van der Waals surface area contributed by atoms with Crippen LogP contribution in [0.25, 0.3) is 0 Å². The maximum absolute atomic E-state index is 12.5. The lowest BCUT2D eigenvalue weighted by Crippen LogP contribution is -2.12. The summed E-state index contributed by atoms with van der Waals surface area (Å²) in [7, 11) is 0. The van der Waals surface area contributed by atoms with Gasteiger partial charge in [0.25, 0.3) is 5.91 Å². The number of carbonyl (C=O) groups excluding carboxylic acids is 1. The predicted molar refractivity (Wildman–Crippen MR) is 103 cm³/mol. The van der Waals surface area contributed by atoms with Gasteiger partial charge in [-0.05, 0) is 62.4 Å². The zero-order valence-electron chi connectivity index (χ0n) is 14.8. The summed E-state index contributed by atoms with van der Waals surface area (Å²) in [6.45, 7) is 3.93. The molecule has 0 spiro atoms. The van der Waals surface area contributed by atoms with Gasteiger partial charge in [0, 0.05) is 5.56 Å². The Labute approximate surface area is 153 Å². The molecule has 0 bridgehead atoms. The lowest BCUT2D eigenvalue weighted by molar-refractivity contribution is 0.102. The van der Waals surface area contributed by atoms with Gasteiger partial charge in [-0.15, -0.1) is 0 Å². The van der Waals surface area contributed by atoms with Crippen molar-refractivity contribution in [1.29, 1.82) is 0 Å². The molecule has 0 saturated carbocycles. The number of carbonyl (C=O) groups is 1. The lowest BCUT2D eigenvalue weighted by atomic mass is 10.2. The highest BCUT2D eigenvalue weighted by atomic mass is 16.5. The Bertz CT molecular complexity index is 858. The van der Waals surface area contributed by atoms with Gasteiger partial charge in [0.05, 0.1) is 11.8 Å². The van der Waals surface area contributed by atoms with Crippen LogP contribution in [0, 0.1) is 0 Å². The van der Waals surface area contributed by atoms with Gasteiger partial charge in [-0.2, -0.15) is 0 Å². The molecule has 0 atom stereocenters. The first-order chi connectivity index (χ1) is 12.6. The third kappa shape index (κ3) is 4.63. The summed E-state index contributed by atoms with van der Waals surface area (Å²) in [6.07, 6.45) is 0.0942. The topological polar surface area (TPSA) is 47.6 Å². The highest BCUT2D eigenvalue weighted by Gasteiger charge is 2.11. The highest BCUT2D eigenvalue weighted by molar-refractivity contribution is 6.05. The maximum atomic E-state index is 12.5. The third-order valence-corrected chi connectivity index (χ3v) is 3.59. The molecule has 3 aromatic rings. The summed E-state index contributed by atoms with van der Waals surface area (Å²) in [5, 5.41) is 2.90. The molecule has 1 amide bonds. The van der Waals surface area contributed by atoms with Crippen molar-refractivity contribution in [2.45, 2.75) is 20.0 Å². The van der Waals surface area contributed by atoms with Crippen LogP contribution in [-0.4, -0.2) is 12.0 Å². The minimum absolute atomic E-state index is 0.0942. The van der Waals surface area contributed by atoms with E-state index in [1.54, 1.807) is 24.3 Å². The van der Waals surface area contributed by atoms with Crippen LogP contribution >= 0.6 is 0 Å². The van der Waals surface area contributed by atoms with Crippen LogP contribution in [0.2, 0.25) is 0 Å². The molecule has 132 valence electrons. The number of rotatable bonds is 6. The van der Waals surface area contributed by atoms with E-state index in [-0.39, 0.29) is 12.0 Å². The van der Waals surface area contributed by atoms with E-state index in [1.807, 2.05) is 68.4 Å². The monoisotopic (exact) mass is 347 g/mol. The molecule has 0 aliphatic rings. The SMILES string of the molecule is CC(C)Oc1ccc(C(=O)Nc2ccccc2Oc2ccccc2)cc1. The minimum atomic E-state index is -0.204. The molecular formula is C22H21NO3. The molecule has 0 heterocycles. The third-order valence-electron chi connectivity index (χ3n) is 3.59. The highest BCUT2D eigenvalue weighted by Crippen LogP contribution is 2.29. The Kier molecular flexibility index (Phi) is 5.54. The van der Waals surface area contributed by atoms with E-state index in [4.69, 9.17) is 9.47 Å². The van der Waals surface area contributed by atoms with Gasteiger partial charge in [-0.3, -0.25) is 4.79 Å². The number of anilines is 1. The quantitative estimate of drug-likeness (QED) is 0.639. The molecule has 4 heteroatoms. The zero-order valence-corrected chi connectivity index (χ0v) is 14.8. The molecule has 0 saturated heterocycles. The van der Waals surface area contributed by atoms with Crippen molar-refractivity contribution < 1.29 is 14.3 Å². The fraction of sp³-hybridized carbons (Fsp3) is 0.136. The van der Waals surface area contributed by atoms with E-state index < -0.39 is 0 Å². The molecule has 0 aliphatic carbocycles. The first kappa shape index (κ1) is 17.5. The summed E-state index contributed by atoms with van der Waals surface area (Å²) in [5.74, 6) is 1.84. The number of amides is 1. The maximum Gasteiger partial charge on any atom is 0.255 e. The number of benzene rings is 3. The van der Waals surface area contributed by atoms with E-state index in [0.29, 0.717) is 22.7 Å². The fourth-order valence-electron chi connectivity index (χ4n) is 2.43. The number of hydrogen-bond donors (Lipinski definition) is 1. The molecule has 4 nitrogen and oxygen atoms in total. The molecule has 3 rings (SSSR count). The second kappa shape index (κ2) is 8.21. The summed E-state index contributed by atoms with van der Waals surface area (Å²) in [6, 6.07) is 23.9. The summed E-state index contributed by atoms with van der Waals surface area (Å²) >= 11 is 0. The number of hydrogen-bond acceptors (Lipinski definition) is 3. The standard InChI is InChI=1S/C22H21NO3/c1-16(2)25-19-14-12-17(13-15-19)22(24)23-20-10-6-7-11-21(20)26-18-8-4-3-5-9-18/h3-16H,1-2H3,(H,23,24). The zero-order chi connectivity index (χ0) is 18.4. The first-order valence-corrected chi connectivity index (χ1v) is 8.52. The Morgan fingerprint density at radius 2 is 1.46 bits per heavy atom. The second-order valence-corrected chi connectivity index (χ2v) is 6.06. The number of para-hydroxylation sites is 3. The lowest BCUT2D eigenvalue weighted by Gasteiger charge is -2.13. The van der Waals surface area contributed by atoms with Crippen molar-refractivity contribution in [1.82, 2.24) is 0 Å². The van der Waals surface area contributed by atoms with E-state index in [9.17, 15) is 4.79 Å². The van der Waals surface area contributed by atoms with Crippen LogP contribution in [0.3, 0.4) is 0 Å². The van der Waals surface area contributed by atoms with Crippen LogP contribution < -0.4 is 14.8 Å². The molecule has 0 aliphatic heterocycles. The van der Waals surface area contributed by atoms with Crippen LogP contribution in [0.5, 0.6) is 17.2 Å². The normalized spacial score (nSPS) is 10.4. The average Bonchev–Trinajstić information content (AvgIpc) is 2.64. The number of nitrogens with one attached hydrogen (secondary N) is 1. The minimum Gasteiger partial charge on any atom is -0.491 e. The van der Waals surface area contributed by atoms with Crippen molar-refractivity contribution in [2.24, 2.45) is 0 Å². The van der Waals surface area contributed by atoms with Crippen molar-refractivity contribution in [3.05, 3.63) is 84.4 Å². The molecule has 0 fully saturated rings. The Hall–Kier alpha value is -3.27. The fourth-order valence-corrected chi connectivity index (χ4v) is 2.43. The van der Waals surface area contributed by atoms with Crippen molar-refractivity contribution in [2.75, 3.05) is 5.32 Å². The van der Waals surface area contributed by atoms with E-state index >= 15 is 0 Å². The van der Waals surface area contributed by atoms with Crippen LogP contribution in [0.15, 0.2) is 78.9 Å². The Balaban J connectivity index is 1.73. The Morgan fingerprint density at radius 3 is 2.15 bits per heavy atom. The number of ether oxygens (including phenoxy) is 2. The first-order valence-electron chi connectivity index (χ1n) is 8.52. The van der Waals surface area contributed by atoms with E-state index in [1.165, 1.54) is 0 Å². The van der Waals surface area contributed by atoms with Crippen molar-refractivity contribution in [3.8, 4) is 17.2 Å². The molecule has 0 aromatic heterocycles. The largest absolute Gasteiger partial charge is 0.491 e. The van der Waals surface area contributed by atoms with Gasteiger partial charge in [0.2, 0.25) is 0 Å². The van der Waals surface area contributed by atoms with Gasteiger partial charge in [0.1, 0.15) is 11.5 Å². The Morgan fingerprint density at radius 1 is 0.808 bits per heavy atom. The smallest absolute Gasteiger partial charge is 0.255 e. The van der Waals surface area contributed by atoms with Gasteiger partial charge in [-0.25, -0.2) is 0 Å². The average molecular weight is 347 g/mol. The van der Waals surface area contributed by atoms with Crippen molar-refractivity contribution >= 4 is 11.6 Å². The molecule has 3 aromatic carbocycles. The predicted octanol–water partition coefficient (Wildman–Crippen LogP) is 5.52. The van der Waals surface area contributed by atoms with E-state index in [2.05, 4.69) is 5.32 Å². The molecule has 26 heavy (non-hydrogen) atoms. The van der Waals surface area contributed by atoms with Crippen LogP contribution in [0.1, 0.15) is 24.2 Å². The molecule has 0 radical (unpaired) electrons. The van der Waals surface area contributed by atoms with Crippen molar-refractivity contribution in [3.63, 3.8) is 0 Å². The summed E-state index contributed by atoms with van der Waals surface area (Å²) in [4.78, 5) is 12.5. The summed E-state index contributed by atoms with van der Waals surface area (Å²) < 4.78 is 11.5. The van der Waals surface area contributed by atoms with E-state index in [0.717, 1.165) is 5.75 Å². The molecule has 0 unspecified atom stereocenters. The van der Waals surface area contributed by atoms with Gasteiger partial charge < -0.3 is 14.8 Å². The van der Waals surface area contributed by atoms with Crippen LogP contribution in [0.4, 0.5) is 5.69 Å². The molecular weight excluding hydrogens is 326 g/mol.